The molecule has 1 aromatic heterocycles. The Morgan fingerprint density at radius 3 is 2.32 bits per heavy atom. The molecule has 2 atom stereocenters. The molecular formula is C23H23ClN4O6. The summed E-state index contributed by atoms with van der Waals surface area (Å²) in [5, 5.41) is 21.8. The number of hydrogen-bond donors (Lipinski definition) is 1. The van der Waals surface area contributed by atoms with Gasteiger partial charge in [0.1, 0.15) is 6.04 Å². The van der Waals surface area contributed by atoms with Crippen LogP contribution in [0.4, 0.5) is 5.69 Å². The highest BCUT2D eigenvalue weighted by molar-refractivity contribution is 6.30. The number of amides is 1. The zero-order chi connectivity index (χ0) is 24.8. The molecule has 0 saturated heterocycles. The van der Waals surface area contributed by atoms with Gasteiger partial charge in [0.05, 0.1) is 4.92 Å². The lowest BCUT2D eigenvalue weighted by Crippen LogP contribution is -2.43. The van der Waals surface area contributed by atoms with E-state index in [9.17, 15) is 19.7 Å². The Balaban J connectivity index is 1.68. The fourth-order valence-corrected chi connectivity index (χ4v) is 3.20. The van der Waals surface area contributed by atoms with Crippen LogP contribution in [-0.2, 0) is 9.53 Å². The average Bonchev–Trinajstić information content (AvgIpc) is 3.29. The predicted molar refractivity (Wildman–Crippen MR) is 123 cm³/mol. The van der Waals surface area contributed by atoms with Crippen LogP contribution in [0.1, 0.15) is 49.5 Å². The van der Waals surface area contributed by atoms with Crippen LogP contribution in [0.25, 0.3) is 11.5 Å². The van der Waals surface area contributed by atoms with Crippen LogP contribution in [0.15, 0.2) is 52.9 Å². The van der Waals surface area contributed by atoms with Gasteiger partial charge in [-0.15, -0.1) is 10.2 Å². The van der Waals surface area contributed by atoms with Crippen LogP contribution < -0.4 is 5.32 Å². The van der Waals surface area contributed by atoms with E-state index < -0.39 is 28.9 Å². The van der Waals surface area contributed by atoms with Crippen molar-refractivity contribution in [3.63, 3.8) is 0 Å². The van der Waals surface area contributed by atoms with Gasteiger partial charge in [0.15, 0.2) is 6.10 Å². The van der Waals surface area contributed by atoms with Crippen LogP contribution >= 0.6 is 11.6 Å². The predicted octanol–water partition coefficient (Wildman–Crippen LogP) is 4.75. The molecule has 1 amide bonds. The number of aromatic nitrogens is 2. The van der Waals surface area contributed by atoms with Crippen molar-refractivity contribution in [2.75, 3.05) is 0 Å². The first-order valence-electron chi connectivity index (χ1n) is 10.5. The molecule has 10 nitrogen and oxygen atoms in total. The van der Waals surface area contributed by atoms with Crippen molar-refractivity contribution >= 4 is 29.2 Å². The SMILES string of the molecule is CC(C)C[C@H](NC(=O)c1ccc(Cl)cc1)C(=O)O[C@@H](C)c1nnc(-c2ccc([N+](=O)[O-])cc2)o1. The van der Waals surface area contributed by atoms with Crippen molar-refractivity contribution in [3.8, 4) is 11.5 Å². The number of carbonyl (C=O) groups is 2. The third-order valence-corrected chi connectivity index (χ3v) is 5.06. The molecule has 34 heavy (non-hydrogen) atoms. The van der Waals surface area contributed by atoms with Gasteiger partial charge in [0.25, 0.3) is 17.5 Å². The minimum absolute atomic E-state index is 0.0500. The largest absolute Gasteiger partial charge is 0.451 e. The third-order valence-electron chi connectivity index (χ3n) is 4.81. The normalized spacial score (nSPS) is 12.7. The maximum absolute atomic E-state index is 12.8. The van der Waals surface area contributed by atoms with E-state index in [1.807, 2.05) is 13.8 Å². The number of non-ortho nitro benzene ring substituents is 1. The number of nitro benzene ring substituents is 1. The monoisotopic (exact) mass is 486 g/mol. The van der Waals surface area contributed by atoms with E-state index in [0.717, 1.165) is 0 Å². The third kappa shape index (κ3) is 6.38. The first-order chi connectivity index (χ1) is 16.1. The summed E-state index contributed by atoms with van der Waals surface area (Å²) in [5.74, 6) is -0.782. The van der Waals surface area contributed by atoms with Crippen LogP contribution in [0.5, 0.6) is 0 Å². The molecule has 0 aliphatic carbocycles. The second-order valence-electron chi connectivity index (χ2n) is 7.99. The fourth-order valence-electron chi connectivity index (χ4n) is 3.08. The standard InChI is InChI=1S/C23H23ClN4O6/c1-13(2)12-19(25-20(29)15-4-8-17(24)9-5-15)23(30)33-14(3)21-26-27-22(34-21)16-6-10-18(11-7-16)28(31)32/h4-11,13-14,19H,12H2,1-3H3,(H,25,29)/t14-,19-/m0/s1. The number of hydrogen-bond acceptors (Lipinski definition) is 8. The van der Waals surface area contributed by atoms with Gasteiger partial charge in [-0.2, -0.15) is 0 Å². The number of esters is 1. The number of rotatable bonds is 9. The lowest BCUT2D eigenvalue weighted by molar-refractivity contribution is -0.384. The fraction of sp³-hybridized carbons (Fsp3) is 0.304. The number of nitro groups is 1. The molecule has 0 fully saturated rings. The van der Waals surface area contributed by atoms with Gasteiger partial charge in [-0.05, 0) is 55.7 Å². The van der Waals surface area contributed by atoms with E-state index >= 15 is 0 Å². The highest BCUT2D eigenvalue weighted by atomic mass is 35.5. The summed E-state index contributed by atoms with van der Waals surface area (Å²) in [6.45, 7) is 5.41. The zero-order valence-electron chi connectivity index (χ0n) is 18.7. The van der Waals surface area contributed by atoms with Gasteiger partial charge >= 0.3 is 5.97 Å². The van der Waals surface area contributed by atoms with Crippen molar-refractivity contribution in [3.05, 3.63) is 75.1 Å². The van der Waals surface area contributed by atoms with Gasteiger partial charge in [-0.3, -0.25) is 14.9 Å². The Bertz CT molecular complexity index is 1160. The van der Waals surface area contributed by atoms with E-state index in [0.29, 0.717) is 22.6 Å². The van der Waals surface area contributed by atoms with Crippen LogP contribution in [0.2, 0.25) is 5.02 Å². The summed E-state index contributed by atoms with van der Waals surface area (Å²) in [6, 6.07) is 11.0. The van der Waals surface area contributed by atoms with Crippen molar-refractivity contribution in [2.24, 2.45) is 5.92 Å². The first-order valence-corrected chi connectivity index (χ1v) is 10.9. The Labute approximate surface area is 200 Å². The Hall–Kier alpha value is -3.79. The maximum atomic E-state index is 12.8. The van der Waals surface area contributed by atoms with Crippen LogP contribution in [0.3, 0.4) is 0 Å². The molecule has 0 aliphatic rings. The van der Waals surface area contributed by atoms with E-state index in [1.165, 1.54) is 24.3 Å². The lowest BCUT2D eigenvalue weighted by Gasteiger charge is -2.21. The van der Waals surface area contributed by atoms with Crippen molar-refractivity contribution in [1.82, 2.24) is 15.5 Å². The molecule has 0 unspecified atom stereocenters. The molecule has 3 rings (SSSR count). The number of carbonyl (C=O) groups excluding carboxylic acids is 2. The maximum Gasteiger partial charge on any atom is 0.329 e. The molecule has 0 saturated carbocycles. The number of halogens is 1. The molecule has 3 aromatic rings. The molecular weight excluding hydrogens is 464 g/mol. The number of benzene rings is 2. The highest BCUT2D eigenvalue weighted by Crippen LogP contribution is 2.25. The van der Waals surface area contributed by atoms with Gasteiger partial charge < -0.3 is 14.5 Å². The summed E-state index contributed by atoms with van der Waals surface area (Å²) >= 11 is 5.86. The molecule has 0 aliphatic heterocycles. The molecule has 0 spiro atoms. The summed E-state index contributed by atoms with van der Waals surface area (Å²) < 4.78 is 11.1. The molecule has 11 heteroatoms. The second-order valence-corrected chi connectivity index (χ2v) is 8.43. The first kappa shape index (κ1) is 24.8. The molecule has 2 aromatic carbocycles. The molecule has 0 radical (unpaired) electrons. The average molecular weight is 487 g/mol. The number of ether oxygens (including phenoxy) is 1. The Kier molecular flexibility index (Phi) is 7.95. The summed E-state index contributed by atoms with van der Waals surface area (Å²) in [7, 11) is 0. The van der Waals surface area contributed by atoms with Gasteiger partial charge in [-0.1, -0.05) is 25.4 Å². The Morgan fingerprint density at radius 1 is 1.09 bits per heavy atom. The summed E-state index contributed by atoms with van der Waals surface area (Å²) in [6.07, 6.45) is -0.517. The molecule has 0 bridgehead atoms. The van der Waals surface area contributed by atoms with Gasteiger partial charge in [0.2, 0.25) is 5.89 Å². The van der Waals surface area contributed by atoms with Crippen LogP contribution in [-0.4, -0.2) is 33.0 Å². The van der Waals surface area contributed by atoms with Gasteiger partial charge in [-0.25, -0.2) is 4.79 Å². The smallest absolute Gasteiger partial charge is 0.329 e. The second kappa shape index (κ2) is 10.9. The van der Waals surface area contributed by atoms with E-state index in [4.69, 9.17) is 20.8 Å². The van der Waals surface area contributed by atoms with Crippen molar-refractivity contribution < 1.29 is 23.7 Å². The minimum Gasteiger partial charge on any atom is -0.451 e. The van der Waals surface area contributed by atoms with E-state index in [2.05, 4.69) is 15.5 Å². The van der Waals surface area contributed by atoms with Crippen molar-refractivity contribution in [1.29, 1.82) is 0 Å². The molecule has 1 heterocycles. The topological polar surface area (TPSA) is 137 Å². The molecule has 178 valence electrons. The summed E-state index contributed by atoms with van der Waals surface area (Å²) in [4.78, 5) is 35.7. The van der Waals surface area contributed by atoms with E-state index in [-0.39, 0.29) is 23.4 Å². The van der Waals surface area contributed by atoms with E-state index in [1.54, 1.807) is 31.2 Å². The highest BCUT2D eigenvalue weighted by Gasteiger charge is 2.28. The lowest BCUT2D eigenvalue weighted by atomic mass is 10.0. The number of nitrogens with zero attached hydrogens (tertiary/aromatic N) is 3. The minimum atomic E-state index is -0.886. The zero-order valence-corrected chi connectivity index (χ0v) is 19.5. The van der Waals surface area contributed by atoms with Gasteiger partial charge in [0, 0.05) is 28.3 Å². The Morgan fingerprint density at radius 2 is 1.74 bits per heavy atom. The van der Waals surface area contributed by atoms with Crippen molar-refractivity contribution in [2.45, 2.75) is 39.3 Å². The summed E-state index contributed by atoms with van der Waals surface area (Å²) in [5.41, 5.74) is 0.780. The van der Waals surface area contributed by atoms with Crippen LogP contribution in [0, 0.1) is 16.0 Å². The quantitative estimate of drug-likeness (QED) is 0.260. The molecule has 1 N–H and O–H groups in total. The number of nitrogens with one attached hydrogen (secondary N) is 1.